The second-order valence-electron chi connectivity index (χ2n) is 8.05. The summed E-state index contributed by atoms with van der Waals surface area (Å²) >= 11 is 0. The van der Waals surface area contributed by atoms with Gasteiger partial charge in [-0.1, -0.05) is 6.07 Å². The Bertz CT molecular complexity index is 1250. The van der Waals surface area contributed by atoms with Crippen LogP contribution in [0.2, 0.25) is 0 Å². The molecule has 0 atom stereocenters. The first-order chi connectivity index (χ1) is 17.4. The van der Waals surface area contributed by atoms with Gasteiger partial charge in [0.1, 0.15) is 11.4 Å². The number of piperidine rings is 1. The van der Waals surface area contributed by atoms with Crippen LogP contribution in [0.5, 0.6) is 5.75 Å². The number of amides is 1. The zero-order valence-corrected chi connectivity index (χ0v) is 19.9. The number of anilines is 3. The van der Waals surface area contributed by atoms with Gasteiger partial charge >= 0.3 is 5.97 Å². The zero-order chi connectivity index (χ0) is 25.7. The van der Waals surface area contributed by atoms with E-state index >= 15 is 0 Å². The topological polar surface area (TPSA) is 145 Å². The number of primary amides is 1. The second-order valence-corrected chi connectivity index (χ2v) is 8.05. The minimum atomic E-state index is -0.706. The van der Waals surface area contributed by atoms with E-state index in [4.69, 9.17) is 15.2 Å². The van der Waals surface area contributed by atoms with Gasteiger partial charge in [0, 0.05) is 19.3 Å². The molecule has 1 fully saturated rings. The summed E-state index contributed by atoms with van der Waals surface area (Å²) in [5.41, 5.74) is 6.64. The van der Waals surface area contributed by atoms with E-state index in [1.165, 1.54) is 13.3 Å². The zero-order valence-electron chi connectivity index (χ0n) is 19.9. The fraction of sp³-hybridized carbons (Fsp3) is 0.333. The van der Waals surface area contributed by atoms with E-state index in [9.17, 15) is 14.0 Å². The van der Waals surface area contributed by atoms with Crippen molar-refractivity contribution < 1.29 is 23.5 Å². The molecule has 0 aliphatic carbocycles. The van der Waals surface area contributed by atoms with Gasteiger partial charge in [-0.15, -0.1) is 0 Å². The molecule has 36 heavy (non-hydrogen) atoms. The molecule has 1 aromatic carbocycles. The summed E-state index contributed by atoms with van der Waals surface area (Å²) in [5, 5.41) is 3.11. The lowest BCUT2D eigenvalue weighted by Crippen LogP contribution is -2.38. The van der Waals surface area contributed by atoms with Crippen LogP contribution in [-0.2, 0) is 9.53 Å². The Morgan fingerprint density at radius 3 is 2.53 bits per heavy atom. The van der Waals surface area contributed by atoms with E-state index in [-0.39, 0.29) is 29.1 Å². The van der Waals surface area contributed by atoms with Crippen molar-refractivity contribution in [2.24, 2.45) is 11.7 Å². The highest BCUT2D eigenvalue weighted by Gasteiger charge is 2.28. The van der Waals surface area contributed by atoms with Crippen molar-refractivity contribution in [3.63, 3.8) is 0 Å². The van der Waals surface area contributed by atoms with Gasteiger partial charge < -0.3 is 25.4 Å². The number of hydrogen-bond acceptors (Lipinski definition) is 10. The summed E-state index contributed by atoms with van der Waals surface area (Å²) in [6, 6.07) is 5.19. The van der Waals surface area contributed by atoms with Crippen molar-refractivity contribution in [1.82, 2.24) is 19.9 Å². The Kier molecular flexibility index (Phi) is 7.52. The minimum Gasteiger partial charge on any atom is -0.494 e. The number of carbonyl (C=O) groups is 2. The summed E-state index contributed by atoms with van der Waals surface area (Å²) in [5.74, 6) is -0.405. The predicted molar refractivity (Wildman–Crippen MR) is 129 cm³/mol. The smallest absolute Gasteiger partial charge is 0.309 e. The quantitative estimate of drug-likeness (QED) is 0.447. The molecule has 2 aromatic heterocycles. The average molecular weight is 496 g/mol. The summed E-state index contributed by atoms with van der Waals surface area (Å²) in [6.07, 6.45) is 4.71. The average Bonchev–Trinajstić information content (AvgIpc) is 2.89. The van der Waals surface area contributed by atoms with E-state index in [2.05, 4.69) is 25.3 Å². The van der Waals surface area contributed by atoms with Gasteiger partial charge in [0.2, 0.25) is 5.95 Å². The summed E-state index contributed by atoms with van der Waals surface area (Å²) in [7, 11) is 1.47. The van der Waals surface area contributed by atoms with Crippen LogP contribution in [0.15, 0.2) is 36.8 Å². The number of aromatic nitrogens is 4. The van der Waals surface area contributed by atoms with Crippen LogP contribution in [0.4, 0.5) is 21.8 Å². The van der Waals surface area contributed by atoms with Crippen LogP contribution in [0.3, 0.4) is 0 Å². The number of methoxy groups -OCH3 is 1. The van der Waals surface area contributed by atoms with E-state index in [1.807, 2.05) is 4.90 Å². The van der Waals surface area contributed by atoms with E-state index in [1.54, 1.807) is 25.1 Å². The number of carbonyl (C=O) groups excluding carboxylic acids is 2. The first-order valence-electron chi connectivity index (χ1n) is 11.4. The fourth-order valence-corrected chi connectivity index (χ4v) is 3.99. The number of hydrogen-bond donors (Lipinski definition) is 2. The SMILES string of the molecule is CCOC(=O)C1CCN(c2ncc(C(N)=O)c(Nc3cccc(-c4ncc(F)cn4)c3OC)n2)CC1. The molecule has 12 heteroatoms. The Balaban J connectivity index is 1.62. The number of nitrogens with zero attached hydrogens (tertiary/aromatic N) is 5. The molecule has 3 N–H and O–H groups in total. The lowest BCUT2D eigenvalue weighted by Gasteiger charge is -2.31. The molecule has 3 heterocycles. The van der Waals surface area contributed by atoms with Gasteiger partial charge in [-0.3, -0.25) is 9.59 Å². The number of halogens is 1. The third-order valence-corrected chi connectivity index (χ3v) is 5.77. The highest BCUT2D eigenvalue weighted by Crippen LogP contribution is 2.37. The number of ether oxygens (including phenoxy) is 2. The van der Waals surface area contributed by atoms with Gasteiger partial charge in [0.25, 0.3) is 5.91 Å². The molecule has 11 nitrogen and oxygen atoms in total. The molecular weight excluding hydrogens is 469 g/mol. The molecule has 4 rings (SSSR count). The monoisotopic (exact) mass is 495 g/mol. The molecule has 1 saturated heterocycles. The maximum atomic E-state index is 13.3. The number of benzene rings is 1. The molecular formula is C24H26FN7O4. The molecule has 0 spiro atoms. The normalized spacial score (nSPS) is 13.8. The highest BCUT2D eigenvalue weighted by molar-refractivity contribution is 5.98. The first kappa shape index (κ1) is 24.8. The van der Waals surface area contributed by atoms with Crippen molar-refractivity contribution in [2.45, 2.75) is 19.8 Å². The molecule has 1 amide bonds. The van der Waals surface area contributed by atoms with Crippen LogP contribution in [0, 0.1) is 11.7 Å². The Morgan fingerprint density at radius 2 is 1.89 bits per heavy atom. The van der Waals surface area contributed by atoms with E-state index in [0.717, 1.165) is 12.4 Å². The molecule has 0 radical (unpaired) electrons. The van der Waals surface area contributed by atoms with Gasteiger partial charge in [0.05, 0.1) is 43.3 Å². The van der Waals surface area contributed by atoms with Gasteiger partial charge in [-0.25, -0.2) is 19.3 Å². The Hall–Kier alpha value is -4.35. The number of nitrogens with one attached hydrogen (secondary N) is 1. The molecule has 3 aromatic rings. The van der Waals surface area contributed by atoms with Crippen molar-refractivity contribution in [1.29, 1.82) is 0 Å². The molecule has 0 unspecified atom stereocenters. The van der Waals surface area contributed by atoms with Crippen molar-refractivity contribution >= 4 is 29.3 Å². The molecule has 1 aliphatic heterocycles. The number of nitrogens with two attached hydrogens (primary N) is 1. The van der Waals surface area contributed by atoms with E-state index < -0.39 is 11.7 Å². The van der Waals surface area contributed by atoms with Crippen molar-refractivity contribution in [3.8, 4) is 17.1 Å². The van der Waals surface area contributed by atoms with Gasteiger partial charge in [-0.05, 0) is 31.9 Å². The first-order valence-corrected chi connectivity index (χ1v) is 11.4. The molecule has 0 bridgehead atoms. The van der Waals surface area contributed by atoms with Gasteiger partial charge in [0.15, 0.2) is 17.4 Å². The van der Waals surface area contributed by atoms with Crippen LogP contribution in [-0.4, -0.2) is 58.6 Å². The maximum Gasteiger partial charge on any atom is 0.309 e. The number of rotatable bonds is 8. The Morgan fingerprint density at radius 1 is 1.17 bits per heavy atom. The Labute approximate surface area is 206 Å². The number of esters is 1. The summed E-state index contributed by atoms with van der Waals surface area (Å²) < 4.78 is 24.0. The van der Waals surface area contributed by atoms with Crippen LogP contribution in [0.1, 0.15) is 30.1 Å². The standard InChI is InChI=1S/C24H26FN7O4/c1-3-36-23(34)14-7-9-32(10-8-14)24-29-13-17(20(26)33)22(31-24)30-18-6-4-5-16(19(18)35-2)21-27-11-15(25)12-28-21/h4-6,11-14H,3,7-10H2,1-2H3,(H2,26,33)(H,29,30,31). The second kappa shape index (κ2) is 10.9. The molecule has 188 valence electrons. The third kappa shape index (κ3) is 5.32. The van der Waals surface area contributed by atoms with E-state index in [0.29, 0.717) is 55.5 Å². The van der Waals surface area contributed by atoms with Crippen molar-refractivity contribution in [2.75, 3.05) is 37.0 Å². The van der Waals surface area contributed by atoms with Crippen molar-refractivity contribution in [3.05, 3.63) is 48.2 Å². The van der Waals surface area contributed by atoms with Crippen LogP contribution >= 0.6 is 0 Å². The lowest BCUT2D eigenvalue weighted by molar-refractivity contribution is -0.148. The molecule has 0 saturated carbocycles. The minimum absolute atomic E-state index is 0.0886. The highest BCUT2D eigenvalue weighted by atomic mass is 19.1. The molecule has 1 aliphatic rings. The third-order valence-electron chi connectivity index (χ3n) is 5.77. The fourth-order valence-electron chi connectivity index (χ4n) is 3.99. The van der Waals surface area contributed by atoms with Gasteiger partial charge in [-0.2, -0.15) is 4.98 Å². The number of para-hydroxylation sites is 1. The summed E-state index contributed by atoms with van der Waals surface area (Å²) in [6.45, 7) is 3.25. The lowest BCUT2D eigenvalue weighted by atomic mass is 9.97. The van der Waals surface area contributed by atoms with Crippen LogP contribution in [0.25, 0.3) is 11.4 Å². The largest absolute Gasteiger partial charge is 0.494 e. The summed E-state index contributed by atoms with van der Waals surface area (Å²) in [4.78, 5) is 43.0. The maximum absolute atomic E-state index is 13.3. The van der Waals surface area contributed by atoms with Crippen LogP contribution < -0.4 is 20.7 Å². The predicted octanol–water partition coefficient (Wildman–Crippen LogP) is 2.70.